The third-order valence-electron chi connectivity index (χ3n) is 9.08. The summed E-state index contributed by atoms with van der Waals surface area (Å²) in [6, 6.07) is 13.3. The second-order valence-electron chi connectivity index (χ2n) is 14.8. The number of hydrogen-bond donors (Lipinski definition) is 5. The van der Waals surface area contributed by atoms with Crippen molar-refractivity contribution in [2.24, 2.45) is 0 Å². The van der Waals surface area contributed by atoms with Crippen LogP contribution >= 0.6 is 11.3 Å². The van der Waals surface area contributed by atoms with Crippen LogP contribution in [0.4, 0.5) is 23.1 Å². The number of nitrogens with one attached hydrogen (secondary N) is 5. The zero-order valence-electron chi connectivity index (χ0n) is 31.7. The van der Waals surface area contributed by atoms with Crippen molar-refractivity contribution in [2.45, 2.75) is 95.8 Å². The molecule has 2 aliphatic heterocycles. The predicted molar refractivity (Wildman–Crippen MR) is 212 cm³/mol. The second-order valence-corrected chi connectivity index (χ2v) is 17.4. The molecule has 2 aromatic heterocycles. The summed E-state index contributed by atoms with van der Waals surface area (Å²) < 4.78 is 34.2. The van der Waals surface area contributed by atoms with Gasteiger partial charge in [0, 0.05) is 58.3 Å². The maximum Gasteiger partial charge on any atom is 0.256 e. The number of anilines is 4. The van der Waals surface area contributed by atoms with Gasteiger partial charge in [0.1, 0.15) is 17.6 Å². The Kier molecular flexibility index (Phi) is 12.4. The third-order valence-corrected chi connectivity index (χ3v) is 11.9. The zero-order valence-corrected chi connectivity index (χ0v) is 33.4. The third kappa shape index (κ3) is 10.3. The molecule has 0 spiro atoms. The Morgan fingerprint density at radius 1 is 1.04 bits per heavy atom. The number of nitrogens with zero attached hydrogens (tertiary/aromatic N) is 3. The first-order valence-corrected chi connectivity index (χ1v) is 20.8. The SMILES string of the molecule is Cc1cnc(Nc2ccc(OCCCCCC(=O)NCc3scc4c3CN(C3CCC(=O)NC3=O)C4=O)cc2)nc1Nc1cccc(S(=O)(=O)NC(C)(C)C)c1. The summed E-state index contributed by atoms with van der Waals surface area (Å²) in [6.45, 7) is 8.33. The first-order valence-electron chi connectivity index (χ1n) is 18.4. The van der Waals surface area contributed by atoms with Gasteiger partial charge in [0.05, 0.1) is 23.6 Å². The van der Waals surface area contributed by atoms with Crippen LogP contribution < -0.4 is 30.7 Å². The van der Waals surface area contributed by atoms with Crippen LogP contribution in [-0.4, -0.2) is 65.1 Å². The van der Waals surface area contributed by atoms with Crippen molar-refractivity contribution in [2.75, 3.05) is 17.2 Å². The standard InChI is InChI=1S/C39H46N8O7S2/c1-24-20-41-38(45-35(24)42-26-9-8-10-28(19-26)56(52,53)46-39(2,3)4)43-25-12-14-27(15-13-25)54-18-7-5-6-11-33(48)40-21-32-29-22-47(37(51)30(29)23-55-32)31-16-17-34(49)44-36(31)50/h8-10,12-15,19-20,23,31,46H,5-7,11,16-18,21-22H2,1-4H3,(H,40,48)(H,44,49,50)(H2,41,42,43,45). The monoisotopic (exact) mass is 802 g/mol. The number of amides is 4. The number of carbonyl (C=O) groups excluding carboxylic acids is 4. The van der Waals surface area contributed by atoms with E-state index in [2.05, 4.69) is 36.0 Å². The number of hydrogen-bond acceptors (Lipinski definition) is 12. The smallest absolute Gasteiger partial charge is 0.256 e. The molecule has 2 aliphatic rings. The summed E-state index contributed by atoms with van der Waals surface area (Å²) in [5.74, 6) is 0.537. The molecular weight excluding hydrogens is 757 g/mol. The van der Waals surface area contributed by atoms with Gasteiger partial charge in [-0.25, -0.2) is 18.1 Å². The van der Waals surface area contributed by atoms with Crippen LogP contribution in [0.15, 0.2) is 65.0 Å². The molecule has 56 heavy (non-hydrogen) atoms. The van der Waals surface area contributed by atoms with E-state index in [9.17, 15) is 27.6 Å². The minimum atomic E-state index is -3.71. The van der Waals surface area contributed by atoms with Gasteiger partial charge < -0.3 is 25.6 Å². The molecule has 6 rings (SSSR count). The van der Waals surface area contributed by atoms with Gasteiger partial charge in [-0.05, 0) is 101 Å². The maximum absolute atomic E-state index is 12.9. The van der Waals surface area contributed by atoms with Gasteiger partial charge in [-0.15, -0.1) is 11.3 Å². The topological polar surface area (TPSA) is 201 Å². The van der Waals surface area contributed by atoms with E-state index in [1.807, 2.05) is 31.2 Å². The summed E-state index contributed by atoms with van der Waals surface area (Å²) in [5, 5.41) is 13.4. The van der Waals surface area contributed by atoms with Crippen LogP contribution in [0.3, 0.4) is 0 Å². The Hall–Kier alpha value is -5.39. The number of aromatic nitrogens is 2. The van der Waals surface area contributed by atoms with Crippen molar-refractivity contribution in [1.82, 2.24) is 30.2 Å². The van der Waals surface area contributed by atoms with E-state index in [1.165, 1.54) is 16.2 Å². The lowest BCUT2D eigenvalue weighted by atomic mass is 10.0. The van der Waals surface area contributed by atoms with Crippen molar-refractivity contribution in [1.29, 1.82) is 0 Å². The van der Waals surface area contributed by atoms with Crippen LogP contribution in [0.2, 0.25) is 0 Å². The predicted octanol–water partition coefficient (Wildman–Crippen LogP) is 5.43. The lowest BCUT2D eigenvalue weighted by molar-refractivity contribution is -0.137. The van der Waals surface area contributed by atoms with E-state index in [0.29, 0.717) is 67.7 Å². The lowest BCUT2D eigenvalue weighted by Crippen LogP contribution is -2.52. The highest BCUT2D eigenvalue weighted by molar-refractivity contribution is 7.89. The number of sulfonamides is 1. The number of fused-ring (bicyclic) bond motifs is 1. The molecule has 4 heterocycles. The number of benzene rings is 2. The molecule has 17 heteroatoms. The van der Waals surface area contributed by atoms with Gasteiger partial charge >= 0.3 is 0 Å². The van der Waals surface area contributed by atoms with Gasteiger partial charge in [0.2, 0.25) is 33.7 Å². The molecule has 1 fully saturated rings. The molecule has 4 amide bonds. The molecular formula is C39H46N8O7S2. The zero-order chi connectivity index (χ0) is 40.0. The molecule has 0 bridgehead atoms. The first kappa shape index (κ1) is 40.3. The largest absolute Gasteiger partial charge is 0.494 e. The van der Waals surface area contributed by atoms with E-state index in [4.69, 9.17) is 4.74 Å². The van der Waals surface area contributed by atoms with Crippen LogP contribution in [-0.2, 0) is 37.5 Å². The fraction of sp³-hybridized carbons (Fsp3) is 0.385. The van der Waals surface area contributed by atoms with Crippen LogP contribution in [0, 0.1) is 6.92 Å². The average molecular weight is 803 g/mol. The minimum absolute atomic E-state index is 0.0724. The quantitative estimate of drug-likeness (QED) is 0.0715. The molecule has 5 N–H and O–H groups in total. The number of rotatable bonds is 16. The molecule has 15 nitrogen and oxygen atoms in total. The van der Waals surface area contributed by atoms with Crippen molar-refractivity contribution < 1.29 is 32.3 Å². The number of unbranched alkanes of at least 4 members (excludes halogenated alkanes) is 2. The van der Waals surface area contributed by atoms with E-state index in [1.54, 1.807) is 56.6 Å². The number of piperidine rings is 1. The molecule has 0 radical (unpaired) electrons. The summed E-state index contributed by atoms with van der Waals surface area (Å²) >= 11 is 1.42. The summed E-state index contributed by atoms with van der Waals surface area (Å²) in [5.41, 5.74) is 2.88. The normalized spacial score (nSPS) is 15.7. The fourth-order valence-electron chi connectivity index (χ4n) is 6.31. The molecule has 296 valence electrons. The van der Waals surface area contributed by atoms with Crippen LogP contribution in [0.25, 0.3) is 0 Å². The van der Waals surface area contributed by atoms with Crippen molar-refractivity contribution in [3.05, 3.63) is 81.7 Å². The van der Waals surface area contributed by atoms with E-state index in [0.717, 1.165) is 34.5 Å². The number of ether oxygens (including phenoxy) is 1. The fourth-order valence-corrected chi connectivity index (χ4v) is 8.74. The molecule has 1 unspecified atom stereocenters. The van der Waals surface area contributed by atoms with E-state index < -0.39 is 27.5 Å². The summed E-state index contributed by atoms with van der Waals surface area (Å²) in [4.78, 5) is 60.9. The molecule has 4 aromatic rings. The molecule has 1 saturated heterocycles. The first-order chi connectivity index (χ1) is 26.6. The van der Waals surface area contributed by atoms with Crippen LogP contribution in [0.5, 0.6) is 5.75 Å². The number of thiophene rings is 1. The van der Waals surface area contributed by atoms with Crippen molar-refractivity contribution in [3.8, 4) is 5.75 Å². The van der Waals surface area contributed by atoms with Crippen molar-refractivity contribution >= 4 is 68.1 Å². The van der Waals surface area contributed by atoms with Gasteiger partial charge in [-0.3, -0.25) is 24.5 Å². The Balaban J connectivity index is 0.897. The number of aryl methyl sites for hydroxylation is 1. The Labute approximate surface area is 330 Å². The highest BCUT2D eigenvalue weighted by atomic mass is 32.2. The summed E-state index contributed by atoms with van der Waals surface area (Å²) in [7, 11) is -3.71. The van der Waals surface area contributed by atoms with Gasteiger partial charge in [0.25, 0.3) is 5.91 Å². The highest BCUT2D eigenvalue weighted by Crippen LogP contribution is 2.34. The van der Waals surface area contributed by atoms with Crippen LogP contribution in [0.1, 0.15) is 85.7 Å². The Bertz CT molecular complexity index is 2220. The number of imide groups is 1. The second kappa shape index (κ2) is 17.2. The molecule has 1 atom stereocenters. The van der Waals surface area contributed by atoms with Crippen molar-refractivity contribution in [3.63, 3.8) is 0 Å². The van der Waals surface area contributed by atoms with Gasteiger partial charge in [0.15, 0.2) is 0 Å². The molecule has 2 aromatic carbocycles. The van der Waals surface area contributed by atoms with Gasteiger partial charge in [-0.2, -0.15) is 4.98 Å². The number of carbonyl (C=O) groups is 4. The average Bonchev–Trinajstić information content (AvgIpc) is 3.69. The Morgan fingerprint density at radius 2 is 1.82 bits per heavy atom. The molecule has 0 saturated carbocycles. The lowest BCUT2D eigenvalue weighted by Gasteiger charge is -2.29. The highest BCUT2D eigenvalue weighted by Gasteiger charge is 2.40. The minimum Gasteiger partial charge on any atom is -0.494 e. The van der Waals surface area contributed by atoms with Gasteiger partial charge in [-0.1, -0.05) is 6.07 Å². The molecule has 0 aliphatic carbocycles. The van der Waals surface area contributed by atoms with E-state index >= 15 is 0 Å². The van der Waals surface area contributed by atoms with E-state index in [-0.39, 0.29) is 29.0 Å². The maximum atomic E-state index is 12.9. The Morgan fingerprint density at radius 3 is 2.57 bits per heavy atom. The summed E-state index contributed by atoms with van der Waals surface area (Å²) in [6.07, 6.45) is 4.85.